The van der Waals surface area contributed by atoms with E-state index in [4.69, 9.17) is 4.74 Å². The molecule has 0 aliphatic heterocycles. The number of nitrogens with zero attached hydrogens (tertiary/aromatic N) is 4. The topological polar surface area (TPSA) is 94.4 Å². The molecule has 0 saturated carbocycles. The third kappa shape index (κ3) is 5.10. The van der Waals surface area contributed by atoms with Crippen LogP contribution in [0.3, 0.4) is 0 Å². The minimum atomic E-state index is -4.29. The molecule has 2 heterocycles. The highest BCUT2D eigenvalue weighted by molar-refractivity contribution is 7.91. The van der Waals surface area contributed by atoms with E-state index in [1.807, 2.05) is 0 Å². The van der Waals surface area contributed by atoms with Crippen LogP contribution in [0, 0.1) is 11.8 Å². The van der Waals surface area contributed by atoms with Gasteiger partial charge in [0.25, 0.3) is 0 Å². The lowest BCUT2D eigenvalue weighted by Gasteiger charge is -2.24. The number of pyridine rings is 1. The molecule has 0 fully saturated rings. The van der Waals surface area contributed by atoms with Crippen LogP contribution in [0.25, 0.3) is 5.69 Å². The highest BCUT2D eigenvalue weighted by atomic mass is 32.2. The van der Waals surface area contributed by atoms with Crippen molar-refractivity contribution < 1.29 is 26.7 Å². The average molecular weight is 464 g/mol. The number of aromatic nitrogens is 3. The number of carbonyl (C=O) groups is 1. The van der Waals surface area contributed by atoms with Crippen LogP contribution in [0.2, 0.25) is 0 Å². The van der Waals surface area contributed by atoms with Crippen LogP contribution in [0.1, 0.15) is 26.5 Å². The summed E-state index contributed by atoms with van der Waals surface area (Å²) in [5.74, 6) is -1.69. The molecule has 8 nitrogen and oxygen atoms in total. The number of benzene rings is 1. The van der Waals surface area contributed by atoms with Crippen LogP contribution in [0.5, 0.6) is 0 Å². The van der Waals surface area contributed by atoms with Gasteiger partial charge in [-0.25, -0.2) is 27.3 Å². The van der Waals surface area contributed by atoms with Crippen molar-refractivity contribution in [3.8, 4) is 5.69 Å². The highest BCUT2D eigenvalue weighted by Crippen LogP contribution is 2.26. The summed E-state index contributed by atoms with van der Waals surface area (Å²) in [6.07, 6.45) is 0.564. The van der Waals surface area contributed by atoms with Crippen LogP contribution < -0.4 is 0 Å². The minimum absolute atomic E-state index is 0.116. The van der Waals surface area contributed by atoms with Gasteiger partial charge in [0.15, 0.2) is 5.03 Å². The van der Waals surface area contributed by atoms with Crippen LogP contribution in [0.15, 0.2) is 58.6 Å². The monoisotopic (exact) mass is 464 g/mol. The lowest BCUT2D eigenvalue weighted by atomic mass is 10.2. The predicted molar refractivity (Wildman–Crippen MR) is 111 cm³/mol. The third-order valence-electron chi connectivity index (χ3n) is 4.18. The van der Waals surface area contributed by atoms with Gasteiger partial charge in [0.2, 0.25) is 15.8 Å². The smallest absolute Gasteiger partial charge is 0.410 e. The van der Waals surface area contributed by atoms with Gasteiger partial charge in [-0.3, -0.25) is 0 Å². The fourth-order valence-electron chi connectivity index (χ4n) is 2.79. The zero-order chi connectivity index (χ0) is 23.7. The molecule has 0 aliphatic carbocycles. The van der Waals surface area contributed by atoms with Gasteiger partial charge in [-0.15, -0.1) is 0 Å². The molecular formula is C21H22F2N4O4S. The van der Waals surface area contributed by atoms with E-state index in [1.165, 1.54) is 48.5 Å². The molecule has 0 aliphatic rings. The first kappa shape index (κ1) is 23.3. The lowest BCUT2D eigenvalue weighted by Crippen LogP contribution is -2.33. The summed E-state index contributed by atoms with van der Waals surface area (Å²) in [6, 6.07) is 8.38. The molecule has 32 heavy (non-hydrogen) atoms. The standard InChI is InChI=1S/C21H22F2N4O4S/c1-21(2,3)31-20(28)26(4)13-15-12-18(27(25-15)17-9-6-10-24-19(17)23)32(29,30)16-8-5-7-14(22)11-16/h5-12H,13H2,1-4H3. The maximum atomic E-state index is 14.4. The predicted octanol–water partition coefficient (Wildman–Crippen LogP) is 3.75. The minimum Gasteiger partial charge on any atom is -0.444 e. The summed E-state index contributed by atoms with van der Waals surface area (Å²) < 4.78 is 60.7. The quantitative estimate of drug-likeness (QED) is 0.534. The van der Waals surface area contributed by atoms with Gasteiger partial charge in [0, 0.05) is 19.3 Å². The van der Waals surface area contributed by atoms with E-state index < -0.39 is 38.3 Å². The van der Waals surface area contributed by atoms with Crippen molar-refractivity contribution in [2.45, 2.75) is 42.8 Å². The normalized spacial score (nSPS) is 11.9. The molecule has 0 bridgehead atoms. The van der Waals surface area contributed by atoms with Crippen LogP contribution in [-0.4, -0.2) is 46.8 Å². The molecule has 0 atom stereocenters. The maximum absolute atomic E-state index is 14.4. The second-order valence-corrected chi connectivity index (χ2v) is 9.89. The van der Waals surface area contributed by atoms with Crippen molar-refractivity contribution in [2.75, 3.05) is 7.05 Å². The molecule has 0 saturated heterocycles. The van der Waals surface area contributed by atoms with Crippen molar-refractivity contribution in [1.82, 2.24) is 19.7 Å². The third-order valence-corrected chi connectivity index (χ3v) is 5.90. The Morgan fingerprint density at radius 2 is 1.88 bits per heavy atom. The van der Waals surface area contributed by atoms with E-state index in [9.17, 15) is 22.0 Å². The first-order valence-electron chi connectivity index (χ1n) is 9.53. The SMILES string of the molecule is CN(Cc1cc(S(=O)(=O)c2cccc(F)c2)n(-c2cccnc2F)n1)C(=O)OC(C)(C)C. The molecule has 0 N–H and O–H groups in total. The number of amides is 1. The molecule has 3 aromatic rings. The summed E-state index contributed by atoms with van der Waals surface area (Å²) in [5.41, 5.74) is -0.791. The first-order valence-corrected chi connectivity index (χ1v) is 11.0. The van der Waals surface area contributed by atoms with Gasteiger partial charge >= 0.3 is 6.09 Å². The van der Waals surface area contributed by atoms with E-state index in [2.05, 4.69) is 10.1 Å². The van der Waals surface area contributed by atoms with Crippen LogP contribution in [-0.2, 0) is 21.1 Å². The summed E-state index contributed by atoms with van der Waals surface area (Å²) in [7, 11) is -2.83. The first-order chi connectivity index (χ1) is 14.9. The van der Waals surface area contributed by atoms with Gasteiger partial charge in [0.05, 0.1) is 17.1 Å². The summed E-state index contributed by atoms with van der Waals surface area (Å²) in [4.78, 5) is 16.7. The Morgan fingerprint density at radius 3 is 2.50 bits per heavy atom. The number of sulfone groups is 1. The van der Waals surface area contributed by atoms with E-state index >= 15 is 0 Å². The number of halogens is 2. The summed E-state index contributed by atoms with van der Waals surface area (Å²) in [5, 5.41) is 3.79. The van der Waals surface area contributed by atoms with Crippen LogP contribution in [0.4, 0.5) is 13.6 Å². The number of ether oxygens (including phenoxy) is 1. The highest BCUT2D eigenvalue weighted by Gasteiger charge is 2.28. The molecule has 3 rings (SSSR count). The Morgan fingerprint density at radius 1 is 1.16 bits per heavy atom. The van der Waals surface area contributed by atoms with Gasteiger partial charge in [0.1, 0.15) is 17.1 Å². The molecule has 11 heteroatoms. The number of carbonyl (C=O) groups excluding carboxylic acids is 1. The fraction of sp³-hybridized carbons (Fsp3) is 0.286. The Hall–Kier alpha value is -3.34. The number of rotatable bonds is 5. The zero-order valence-electron chi connectivity index (χ0n) is 17.9. The van der Waals surface area contributed by atoms with E-state index in [0.717, 1.165) is 16.8 Å². The molecule has 0 unspecified atom stereocenters. The summed E-state index contributed by atoms with van der Waals surface area (Å²) >= 11 is 0. The van der Waals surface area contributed by atoms with Crippen molar-refractivity contribution in [3.05, 3.63) is 66.1 Å². The maximum Gasteiger partial charge on any atom is 0.410 e. The molecule has 1 aromatic carbocycles. The Bertz CT molecular complexity index is 1250. The van der Waals surface area contributed by atoms with E-state index in [-0.39, 0.29) is 22.8 Å². The molecule has 0 spiro atoms. The Balaban J connectivity index is 2.07. The largest absolute Gasteiger partial charge is 0.444 e. The van der Waals surface area contributed by atoms with Gasteiger partial charge in [-0.2, -0.15) is 9.49 Å². The Kier molecular flexibility index (Phi) is 6.31. The van der Waals surface area contributed by atoms with E-state index in [1.54, 1.807) is 20.8 Å². The summed E-state index contributed by atoms with van der Waals surface area (Å²) in [6.45, 7) is 5.02. The van der Waals surface area contributed by atoms with Crippen molar-refractivity contribution >= 4 is 15.9 Å². The number of hydrogen-bond donors (Lipinski definition) is 0. The lowest BCUT2D eigenvalue weighted by molar-refractivity contribution is 0.0283. The van der Waals surface area contributed by atoms with E-state index in [0.29, 0.717) is 0 Å². The van der Waals surface area contributed by atoms with Crippen molar-refractivity contribution in [2.24, 2.45) is 0 Å². The molecule has 2 aromatic heterocycles. The molecule has 0 radical (unpaired) electrons. The van der Waals surface area contributed by atoms with Gasteiger partial charge in [-0.1, -0.05) is 6.07 Å². The molecule has 1 amide bonds. The second kappa shape index (κ2) is 8.65. The molecular weight excluding hydrogens is 442 g/mol. The second-order valence-electron chi connectivity index (χ2n) is 8.00. The average Bonchev–Trinajstić information content (AvgIpc) is 3.11. The van der Waals surface area contributed by atoms with Crippen LogP contribution >= 0.6 is 0 Å². The fourth-order valence-corrected chi connectivity index (χ4v) is 4.21. The van der Waals surface area contributed by atoms with Crippen molar-refractivity contribution in [1.29, 1.82) is 0 Å². The van der Waals surface area contributed by atoms with Gasteiger partial charge < -0.3 is 9.64 Å². The molecule has 170 valence electrons. The van der Waals surface area contributed by atoms with Gasteiger partial charge in [-0.05, 0) is 51.1 Å². The Labute approximate surface area is 184 Å². The zero-order valence-corrected chi connectivity index (χ0v) is 18.7. The number of hydrogen-bond acceptors (Lipinski definition) is 6. The van der Waals surface area contributed by atoms with Crippen molar-refractivity contribution in [3.63, 3.8) is 0 Å².